The van der Waals surface area contributed by atoms with Crippen molar-refractivity contribution in [2.45, 2.75) is 80.4 Å². The Morgan fingerprint density at radius 1 is 0.919 bits per heavy atom. The highest BCUT2D eigenvalue weighted by Gasteiger charge is 2.29. The maximum Gasteiger partial charge on any atom is 0.508 e. The quantitative estimate of drug-likeness (QED) is 0.256. The number of rotatable bonds is 11. The first-order chi connectivity index (χ1) is 17.1. The van der Waals surface area contributed by atoms with E-state index in [-0.39, 0.29) is 37.2 Å². The Morgan fingerprint density at radius 2 is 1.49 bits per heavy atom. The van der Waals surface area contributed by atoms with E-state index >= 15 is 0 Å². The molecule has 0 aliphatic heterocycles. The van der Waals surface area contributed by atoms with Gasteiger partial charge in [0.2, 0.25) is 0 Å². The SMILES string of the molecule is CCC(C)OC(=O)OCCN[C@@H](Cc1ccc(OC(=O)C(C)(C)C)c(OC(=O)C(C)(C)C)c1)C(=O)OC. The van der Waals surface area contributed by atoms with Gasteiger partial charge in [-0.25, -0.2) is 4.79 Å². The van der Waals surface area contributed by atoms with Crippen LogP contribution in [0.3, 0.4) is 0 Å². The normalized spacial score (nSPS) is 13.2. The Balaban J connectivity index is 3.04. The van der Waals surface area contributed by atoms with E-state index in [2.05, 4.69) is 5.32 Å². The molecule has 0 spiro atoms. The molecule has 1 N–H and O–H groups in total. The van der Waals surface area contributed by atoms with E-state index in [1.807, 2.05) is 6.92 Å². The zero-order chi connectivity index (χ0) is 28.4. The van der Waals surface area contributed by atoms with Crippen LogP contribution in [0.2, 0.25) is 0 Å². The molecule has 0 aliphatic carbocycles. The molecule has 0 aromatic heterocycles. The largest absolute Gasteiger partial charge is 0.508 e. The summed E-state index contributed by atoms with van der Waals surface area (Å²) in [6.07, 6.45) is -0.205. The van der Waals surface area contributed by atoms with Crippen LogP contribution in [-0.4, -0.2) is 56.5 Å². The molecule has 10 heteroatoms. The zero-order valence-electron chi connectivity index (χ0n) is 23.4. The third-order valence-electron chi connectivity index (χ3n) is 5.15. The molecule has 1 aromatic carbocycles. The number of benzene rings is 1. The molecular formula is C27H41NO9. The van der Waals surface area contributed by atoms with Crippen molar-refractivity contribution in [1.29, 1.82) is 0 Å². The molecule has 37 heavy (non-hydrogen) atoms. The summed E-state index contributed by atoms with van der Waals surface area (Å²) in [5.74, 6) is -1.37. The Hall–Kier alpha value is -3.14. The maximum absolute atomic E-state index is 12.6. The Kier molecular flexibility index (Phi) is 12.0. The molecule has 2 atom stereocenters. The lowest BCUT2D eigenvalue weighted by atomic mass is 9.97. The van der Waals surface area contributed by atoms with E-state index in [4.69, 9.17) is 23.7 Å². The predicted molar refractivity (Wildman–Crippen MR) is 136 cm³/mol. The van der Waals surface area contributed by atoms with Gasteiger partial charge >= 0.3 is 24.1 Å². The first-order valence-corrected chi connectivity index (χ1v) is 12.3. The van der Waals surface area contributed by atoms with E-state index < -0.39 is 40.9 Å². The summed E-state index contributed by atoms with van der Waals surface area (Å²) in [5, 5.41) is 2.99. The summed E-state index contributed by atoms with van der Waals surface area (Å²) in [4.78, 5) is 49.1. The van der Waals surface area contributed by atoms with E-state index in [0.29, 0.717) is 12.0 Å². The summed E-state index contributed by atoms with van der Waals surface area (Å²) in [7, 11) is 1.27. The van der Waals surface area contributed by atoms with Gasteiger partial charge in [0.05, 0.1) is 17.9 Å². The third kappa shape index (κ3) is 11.2. The summed E-state index contributed by atoms with van der Waals surface area (Å²) >= 11 is 0. The summed E-state index contributed by atoms with van der Waals surface area (Å²) in [6, 6.07) is 3.95. The van der Waals surface area contributed by atoms with Crippen molar-refractivity contribution in [3.8, 4) is 11.5 Å². The van der Waals surface area contributed by atoms with Crippen molar-refractivity contribution in [2.75, 3.05) is 20.3 Å². The highest BCUT2D eigenvalue weighted by atomic mass is 16.7. The van der Waals surface area contributed by atoms with Crippen molar-refractivity contribution in [1.82, 2.24) is 5.32 Å². The first kappa shape index (κ1) is 31.9. The average molecular weight is 524 g/mol. The molecule has 0 radical (unpaired) electrons. The van der Waals surface area contributed by atoms with E-state index in [9.17, 15) is 19.2 Å². The molecule has 1 rings (SSSR count). The van der Waals surface area contributed by atoms with Crippen molar-refractivity contribution < 1.29 is 42.9 Å². The lowest BCUT2D eigenvalue weighted by Crippen LogP contribution is -2.41. The molecule has 1 aromatic rings. The van der Waals surface area contributed by atoms with Crippen LogP contribution < -0.4 is 14.8 Å². The minimum atomic E-state index is -0.798. The van der Waals surface area contributed by atoms with Gasteiger partial charge in [-0.15, -0.1) is 0 Å². The second-order valence-corrected chi connectivity index (χ2v) is 10.7. The van der Waals surface area contributed by atoms with E-state index in [1.54, 1.807) is 60.6 Å². The van der Waals surface area contributed by atoms with Gasteiger partial charge in [0.15, 0.2) is 11.5 Å². The molecule has 0 aliphatic rings. The number of hydrogen-bond acceptors (Lipinski definition) is 10. The minimum absolute atomic E-state index is 0.0150. The van der Waals surface area contributed by atoms with E-state index in [1.165, 1.54) is 13.2 Å². The molecule has 0 heterocycles. The third-order valence-corrected chi connectivity index (χ3v) is 5.15. The van der Waals surface area contributed by atoms with Crippen molar-refractivity contribution in [3.63, 3.8) is 0 Å². The number of esters is 3. The van der Waals surface area contributed by atoms with Crippen LogP contribution in [0.15, 0.2) is 18.2 Å². The predicted octanol–water partition coefficient (Wildman–Crippen LogP) is 4.22. The molecule has 0 amide bonds. The highest BCUT2D eigenvalue weighted by Crippen LogP contribution is 2.33. The van der Waals surface area contributed by atoms with Gasteiger partial charge in [-0.1, -0.05) is 13.0 Å². The fourth-order valence-corrected chi connectivity index (χ4v) is 2.62. The van der Waals surface area contributed by atoms with Crippen LogP contribution in [0.4, 0.5) is 4.79 Å². The van der Waals surface area contributed by atoms with Gasteiger partial charge in [0, 0.05) is 6.54 Å². The monoisotopic (exact) mass is 523 g/mol. The van der Waals surface area contributed by atoms with Crippen molar-refractivity contribution >= 4 is 24.1 Å². The van der Waals surface area contributed by atoms with Gasteiger partial charge in [-0.3, -0.25) is 14.4 Å². The minimum Gasteiger partial charge on any atom is -0.468 e. The van der Waals surface area contributed by atoms with Gasteiger partial charge < -0.3 is 29.0 Å². The van der Waals surface area contributed by atoms with Crippen LogP contribution in [0.25, 0.3) is 0 Å². The van der Waals surface area contributed by atoms with Crippen molar-refractivity contribution in [3.05, 3.63) is 23.8 Å². The Morgan fingerprint density at radius 3 is 2.00 bits per heavy atom. The molecule has 0 fully saturated rings. The topological polar surface area (TPSA) is 126 Å². The number of nitrogens with one attached hydrogen (secondary N) is 1. The summed E-state index contributed by atoms with van der Waals surface area (Å²) < 4.78 is 26.0. The zero-order valence-corrected chi connectivity index (χ0v) is 23.4. The van der Waals surface area contributed by atoms with Gasteiger partial charge in [0.25, 0.3) is 0 Å². The second kappa shape index (κ2) is 14.0. The van der Waals surface area contributed by atoms with E-state index in [0.717, 1.165) is 0 Å². The lowest BCUT2D eigenvalue weighted by molar-refractivity contribution is -0.145. The molecule has 0 saturated carbocycles. The fourth-order valence-electron chi connectivity index (χ4n) is 2.62. The number of ether oxygens (including phenoxy) is 5. The molecule has 1 unspecified atom stereocenters. The number of hydrogen-bond donors (Lipinski definition) is 1. The summed E-state index contributed by atoms with van der Waals surface area (Å²) in [6.45, 7) is 14.1. The van der Waals surface area contributed by atoms with Gasteiger partial charge in [0.1, 0.15) is 18.8 Å². The van der Waals surface area contributed by atoms with Crippen LogP contribution in [0.1, 0.15) is 67.4 Å². The summed E-state index contributed by atoms with van der Waals surface area (Å²) in [5.41, 5.74) is -0.951. The van der Waals surface area contributed by atoms with Crippen molar-refractivity contribution in [2.24, 2.45) is 10.8 Å². The van der Waals surface area contributed by atoms with Gasteiger partial charge in [-0.05, 0) is 79.0 Å². The number of carbonyl (C=O) groups excluding carboxylic acids is 4. The molecule has 10 nitrogen and oxygen atoms in total. The molecular weight excluding hydrogens is 482 g/mol. The molecule has 0 saturated heterocycles. The maximum atomic E-state index is 12.6. The highest BCUT2D eigenvalue weighted by molar-refractivity contribution is 5.81. The Bertz CT molecular complexity index is 944. The number of carbonyl (C=O) groups is 4. The van der Waals surface area contributed by atoms with Crippen LogP contribution in [0.5, 0.6) is 11.5 Å². The lowest BCUT2D eigenvalue weighted by Gasteiger charge is -2.21. The second-order valence-electron chi connectivity index (χ2n) is 10.7. The Labute approximate surface area is 219 Å². The van der Waals surface area contributed by atoms with Crippen LogP contribution >= 0.6 is 0 Å². The molecule has 0 bridgehead atoms. The number of methoxy groups -OCH3 is 1. The van der Waals surface area contributed by atoms with Crippen LogP contribution in [-0.2, 0) is 35.0 Å². The average Bonchev–Trinajstić information content (AvgIpc) is 2.80. The first-order valence-electron chi connectivity index (χ1n) is 12.3. The molecule has 208 valence electrons. The smallest absolute Gasteiger partial charge is 0.468 e. The standard InChI is InChI=1S/C27H41NO9/c1-10-17(2)35-25(32)34-14-13-28-19(22(29)33-9)15-18-11-12-20(36-23(30)26(3,4)5)21(16-18)37-24(31)27(6,7)8/h11-12,16-17,19,28H,10,13-15H2,1-9H3/t17?,19-/m0/s1. The van der Waals surface area contributed by atoms with Crippen LogP contribution in [0, 0.1) is 10.8 Å². The fraction of sp³-hybridized carbons (Fsp3) is 0.630. The van der Waals surface area contributed by atoms with Gasteiger partial charge in [-0.2, -0.15) is 0 Å².